The Morgan fingerprint density at radius 3 is 2.74 bits per heavy atom. The van der Waals surface area contributed by atoms with Crippen molar-refractivity contribution in [3.8, 4) is 11.5 Å². The number of benzene rings is 2. The van der Waals surface area contributed by atoms with E-state index in [1.54, 1.807) is 19.3 Å². The highest BCUT2D eigenvalue weighted by Crippen LogP contribution is 2.32. The highest BCUT2D eigenvalue weighted by atomic mass is 16.7. The first-order valence-corrected chi connectivity index (χ1v) is 9.16. The van der Waals surface area contributed by atoms with Gasteiger partial charge in [0.1, 0.15) is 0 Å². The molecule has 27 heavy (non-hydrogen) atoms. The Bertz CT molecular complexity index is 773. The Hall–Kier alpha value is -2.79. The molecule has 0 saturated carbocycles. The SMILES string of the molecule is COCCN(CCCc1ccccc1)C(=O)/C=C/c1ccc2c(c1)OCO2. The van der Waals surface area contributed by atoms with E-state index >= 15 is 0 Å². The summed E-state index contributed by atoms with van der Waals surface area (Å²) in [6.07, 6.45) is 5.28. The number of ether oxygens (including phenoxy) is 3. The van der Waals surface area contributed by atoms with Crippen molar-refractivity contribution in [1.29, 1.82) is 0 Å². The first kappa shape index (κ1) is 19.0. The van der Waals surface area contributed by atoms with Crippen LogP contribution in [-0.2, 0) is 16.0 Å². The quantitative estimate of drug-likeness (QED) is 0.636. The molecule has 0 aromatic heterocycles. The zero-order valence-corrected chi connectivity index (χ0v) is 15.6. The minimum Gasteiger partial charge on any atom is -0.454 e. The molecular formula is C22H25NO4. The lowest BCUT2D eigenvalue weighted by molar-refractivity contribution is -0.126. The van der Waals surface area contributed by atoms with Gasteiger partial charge in [0.05, 0.1) is 6.61 Å². The molecule has 1 aliphatic rings. The van der Waals surface area contributed by atoms with Gasteiger partial charge in [-0.15, -0.1) is 0 Å². The maximum Gasteiger partial charge on any atom is 0.246 e. The minimum atomic E-state index is -0.0159. The van der Waals surface area contributed by atoms with Crippen molar-refractivity contribution in [3.63, 3.8) is 0 Å². The van der Waals surface area contributed by atoms with Gasteiger partial charge in [-0.05, 0) is 42.2 Å². The van der Waals surface area contributed by atoms with Crippen molar-refractivity contribution < 1.29 is 19.0 Å². The molecule has 0 atom stereocenters. The molecule has 0 unspecified atom stereocenters. The Morgan fingerprint density at radius 1 is 1.11 bits per heavy atom. The van der Waals surface area contributed by atoms with Gasteiger partial charge in [0.15, 0.2) is 11.5 Å². The molecule has 2 aromatic rings. The summed E-state index contributed by atoms with van der Waals surface area (Å²) in [5.74, 6) is 1.43. The fourth-order valence-electron chi connectivity index (χ4n) is 2.94. The fraction of sp³-hybridized carbons (Fsp3) is 0.318. The number of carbonyl (C=O) groups is 1. The third-order valence-electron chi connectivity index (χ3n) is 4.43. The summed E-state index contributed by atoms with van der Waals surface area (Å²) in [7, 11) is 1.65. The van der Waals surface area contributed by atoms with Crippen LogP contribution in [0.5, 0.6) is 11.5 Å². The van der Waals surface area contributed by atoms with Crippen molar-refractivity contribution in [2.24, 2.45) is 0 Å². The van der Waals surface area contributed by atoms with Gasteiger partial charge in [0, 0.05) is 26.3 Å². The molecule has 1 amide bonds. The molecule has 0 saturated heterocycles. The molecule has 0 spiro atoms. The molecule has 142 valence electrons. The van der Waals surface area contributed by atoms with Crippen LogP contribution >= 0.6 is 0 Å². The minimum absolute atomic E-state index is 0.0159. The Labute approximate surface area is 160 Å². The van der Waals surface area contributed by atoms with Crippen LogP contribution in [0.3, 0.4) is 0 Å². The number of hydrogen-bond donors (Lipinski definition) is 0. The molecule has 5 heteroatoms. The summed E-state index contributed by atoms with van der Waals surface area (Å²) in [4.78, 5) is 14.5. The molecule has 5 nitrogen and oxygen atoms in total. The van der Waals surface area contributed by atoms with Crippen LogP contribution in [0, 0.1) is 0 Å². The van der Waals surface area contributed by atoms with Crippen LogP contribution in [0.1, 0.15) is 17.5 Å². The summed E-state index contributed by atoms with van der Waals surface area (Å²) in [6, 6.07) is 16.0. The predicted octanol–water partition coefficient (Wildman–Crippen LogP) is 3.54. The summed E-state index contributed by atoms with van der Waals surface area (Å²) in [5.41, 5.74) is 2.19. The maximum atomic E-state index is 12.6. The van der Waals surface area contributed by atoms with Crippen molar-refractivity contribution >= 4 is 12.0 Å². The lowest BCUT2D eigenvalue weighted by Gasteiger charge is -2.21. The van der Waals surface area contributed by atoms with Gasteiger partial charge in [-0.3, -0.25) is 4.79 Å². The fourth-order valence-corrected chi connectivity index (χ4v) is 2.94. The van der Waals surface area contributed by atoms with Gasteiger partial charge in [0.25, 0.3) is 0 Å². The molecule has 0 bridgehead atoms. The number of rotatable bonds is 9. The van der Waals surface area contributed by atoms with E-state index in [-0.39, 0.29) is 12.7 Å². The van der Waals surface area contributed by atoms with Gasteiger partial charge >= 0.3 is 0 Å². The number of carbonyl (C=O) groups excluding carboxylic acids is 1. The molecule has 0 N–H and O–H groups in total. The molecule has 0 fully saturated rings. The van der Waals surface area contributed by atoms with Crippen LogP contribution in [0.15, 0.2) is 54.6 Å². The van der Waals surface area contributed by atoms with Crippen molar-refractivity contribution in [1.82, 2.24) is 4.90 Å². The average Bonchev–Trinajstić information content (AvgIpc) is 3.17. The van der Waals surface area contributed by atoms with E-state index in [0.717, 1.165) is 24.2 Å². The van der Waals surface area contributed by atoms with E-state index in [9.17, 15) is 4.79 Å². The van der Waals surface area contributed by atoms with Crippen molar-refractivity contribution in [3.05, 3.63) is 65.7 Å². The lowest BCUT2D eigenvalue weighted by Crippen LogP contribution is -2.33. The van der Waals surface area contributed by atoms with E-state index in [1.807, 2.05) is 41.3 Å². The topological polar surface area (TPSA) is 48.0 Å². The maximum absolute atomic E-state index is 12.6. The Balaban J connectivity index is 1.57. The number of fused-ring (bicyclic) bond motifs is 1. The normalized spacial score (nSPS) is 12.5. The summed E-state index contributed by atoms with van der Waals surface area (Å²) in [6.45, 7) is 2.04. The zero-order chi connectivity index (χ0) is 18.9. The van der Waals surface area contributed by atoms with E-state index < -0.39 is 0 Å². The van der Waals surface area contributed by atoms with Gasteiger partial charge < -0.3 is 19.1 Å². The number of methoxy groups -OCH3 is 1. The Kier molecular flexibility index (Phi) is 6.88. The average molecular weight is 367 g/mol. The molecule has 1 heterocycles. The van der Waals surface area contributed by atoms with Crippen molar-refractivity contribution in [2.45, 2.75) is 12.8 Å². The summed E-state index contributed by atoms with van der Waals surface area (Å²) >= 11 is 0. The van der Waals surface area contributed by atoms with Crippen molar-refractivity contribution in [2.75, 3.05) is 33.6 Å². The number of nitrogens with zero attached hydrogens (tertiary/aromatic N) is 1. The van der Waals surface area contributed by atoms with E-state index in [1.165, 1.54) is 5.56 Å². The number of amides is 1. The first-order valence-electron chi connectivity index (χ1n) is 9.16. The van der Waals surface area contributed by atoms with Crippen LogP contribution in [0.4, 0.5) is 0 Å². The highest BCUT2D eigenvalue weighted by molar-refractivity contribution is 5.91. The number of hydrogen-bond acceptors (Lipinski definition) is 4. The highest BCUT2D eigenvalue weighted by Gasteiger charge is 2.13. The van der Waals surface area contributed by atoms with Gasteiger partial charge in [-0.2, -0.15) is 0 Å². The van der Waals surface area contributed by atoms with Gasteiger partial charge in [-0.25, -0.2) is 0 Å². The molecule has 0 radical (unpaired) electrons. The van der Waals surface area contributed by atoms with Crippen LogP contribution in [-0.4, -0.2) is 44.4 Å². The molecule has 3 rings (SSSR count). The lowest BCUT2D eigenvalue weighted by atomic mass is 10.1. The third kappa shape index (κ3) is 5.59. The van der Waals surface area contributed by atoms with Crippen LogP contribution in [0.2, 0.25) is 0 Å². The number of aryl methyl sites for hydroxylation is 1. The third-order valence-corrected chi connectivity index (χ3v) is 4.43. The van der Waals surface area contributed by atoms with Crippen LogP contribution < -0.4 is 9.47 Å². The Morgan fingerprint density at radius 2 is 1.93 bits per heavy atom. The monoisotopic (exact) mass is 367 g/mol. The second kappa shape index (κ2) is 9.78. The summed E-state index contributed by atoms with van der Waals surface area (Å²) < 4.78 is 15.8. The van der Waals surface area contributed by atoms with E-state index in [2.05, 4.69) is 12.1 Å². The second-order valence-corrected chi connectivity index (χ2v) is 6.35. The van der Waals surface area contributed by atoms with E-state index in [0.29, 0.717) is 25.4 Å². The smallest absolute Gasteiger partial charge is 0.246 e. The largest absolute Gasteiger partial charge is 0.454 e. The molecular weight excluding hydrogens is 342 g/mol. The first-order chi connectivity index (χ1) is 13.3. The van der Waals surface area contributed by atoms with Gasteiger partial charge in [-0.1, -0.05) is 36.4 Å². The molecule has 1 aliphatic heterocycles. The summed E-state index contributed by atoms with van der Waals surface area (Å²) in [5, 5.41) is 0. The predicted molar refractivity (Wildman–Crippen MR) is 105 cm³/mol. The molecule has 0 aliphatic carbocycles. The zero-order valence-electron chi connectivity index (χ0n) is 15.6. The molecule has 2 aromatic carbocycles. The van der Waals surface area contributed by atoms with Crippen LogP contribution in [0.25, 0.3) is 6.08 Å². The van der Waals surface area contributed by atoms with E-state index in [4.69, 9.17) is 14.2 Å². The second-order valence-electron chi connectivity index (χ2n) is 6.35. The van der Waals surface area contributed by atoms with Gasteiger partial charge in [0.2, 0.25) is 12.7 Å². The standard InChI is InChI=1S/C22H25NO4/c1-25-15-14-23(13-5-8-18-6-3-2-4-7-18)22(24)12-10-19-9-11-20-21(16-19)27-17-26-20/h2-4,6-7,9-12,16H,5,8,13-15,17H2,1H3/b12-10+.